The molecule has 1 saturated heterocycles. The summed E-state index contributed by atoms with van der Waals surface area (Å²) < 4.78 is 67.6. The van der Waals surface area contributed by atoms with Crippen molar-refractivity contribution in [2.45, 2.75) is 118 Å². The Hall–Kier alpha value is -10.5. The summed E-state index contributed by atoms with van der Waals surface area (Å²) in [7, 11) is 2.07. The maximum atomic E-state index is 13.9. The number of rotatable bonds is 59. The molecule has 1 heterocycles. The average molecular weight is 1870 g/mol. The highest BCUT2D eigenvalue weighted by Crippen LogP contribution is 2.45. The smallest absolute Gasteiger partial charge is 0.407 e. The third kappa shape index (κ3) is 33.3. The van der Waals surface area contributed by atoms with Gasteiger partial charge in [0, 0.05) is 93.5 Å². The average Bonchev–Trinajstić information content (AvgIpc) is 1.16. The van der Waals surface area contributed by atoms with Crippen LogP contribution in [0.4, 0.5) is 4.79 Å². The summed E-state index contributed by atoms with van der Waals surface area (Å²) in [6.45, 7) is 4.43. The third-order valence-electron chi connectivity index (χ3n) is 21.3. The number of aliphatic hydroxyl groups excluding tert-OH is 6. The van der Waals surface area contributed by atoms with E-state index in [1.807, 2.05) is 84.9 Å². The van der Waals surface area contributed by atoms with Gasteiger partial charge in [-0.05, 0) is 118 Å². The monoisotopic (exact) mass is 1870 g/mol. The van der Waals surface area contributed by atoms with Crippen molar-refractivity contribution in [1.29, 1.82) is 0 Å². The standard InChI is InChI=1S/C95H121N7O28S2/c1-62(103)101-77(56-78(105)81(108)59-99-87(111)68-29-25-66(26-30-68)64-17-7-5-8-18-64)79(106)57-94(118,91(115)119-3)128-38-15-51-131-54-37-97-90(114)75-34-33-70(55-83(75)126-50-49-125-48-47-124-46-45-123-44-43-122-42-41-121-40-35-98-93(117)127-61-76-73-23-13-11-21-71(73)72-22-12-14-24-74(72)76)89(113)96-36-53-132-52-16-39-129-95(92(116)120-4)58-80(107)84(102-63(2)104)86(130-95)85(110)82(109)60-100-88(112)69-31-27-67(28-32-69)65-19-9-6-10-20-65/h5-14,17-34,55,76-82,84-86,105-110,118H,15-16,35-54,56-61H2,1-4H3,(H,96,113)(H,97,114)(H,98,117)(H,99,111)(H,100,112)(H,101,103)(H,102,104). The van der Waals surface area contributed by atoms with Crippen LogP contribution in [0.5, 0.6) is 5.75 Å². The van der Waals surface area contributed by atoms with E-state index >= 15 is 0 Å². The van der Waals surface area contributed by atoms with Gasteiger partial charge in [0.2, 0.25) is 11.8 Å². The molecule has 37 heteroatoms. The molecule has 2 aliphatic rings. The van der Waals surface area contributed by atoms with Crippen LogP contribution in [0.25, 0.3) is 33.4 Å². The fourth-order valence-corrected chi connectivity index (χ4v) is 16.1. The van der Waals surface area contributed by atoms with Crippen molar-refractivity contribution in [1.82, 2.24) is 37.2 Å². The lowest BCUT2D eigenvalue weighted by Crippen LogP contribution is -2.68. The zero-order chi connectivity index (χ0) is 94.6. The molecular formula is C95H121N7O28S2. The van der Waals surface area contributed by atoms with Crippen LogP contribution >= 0.6 is 23.5 Å². The molecule has 7 aromatic carbocycles. The predicted molar refractivity (Wildman–Crippen MR) is 490 cm³/mol. The molecule has 11 unspecified atom stereocenters. The van der Waals surface area contributed by atoms with E-state index in [0.29, 0.717) is 68.0 Å². The highest BCUT2D eigenvalue weighted by molar-refractivity contribution is 7.99. The molecule has 0 spiro atoms. The van der Waals surface area contributed by atoms with Crippen molar-refractivity contribution in [2.24, 2.45) is 0 Å². The minimum Gasteiger partial charge on any atom is -0.490 e. The summed E-state index contributed by atoms with van der Waals surface area (Å²) in [5.41, 5.74) is 9.04. The molecule has 11 atom stereocenters. The Morgan fingerprint density at radius 3 is 1.51 bits per heavy atom. The van der Waals surface area contributed by atoms with E-state index in [1.165, 1.54) is 48.6 Å². The number of carbonyl (C=O) groups is 9. The molecular weight excluding hydrogens is 1750 g/mol. The molecule has 0 saturated carbocycles. The summed E-state index contributed by atoms with van der Waals surface area (Å²) in [6.07, 6.45) is -13.7. The molecule has 716 valence electrons. The van der Waals surface area contributed by atoms with Gasteiger partial charge >= 0.3 is 18.0 Å². The van der Waals surface area contributed by atoms with Crippen molar-refractivity contribution in [3.05, 3.63) is 209 Å². The number of hydrogen-bond acceptors (Lipinski definition) is 30. The van der Waals surface area contributed by atoms with Crippen LogP contribution in [0.1, 0.15) is 104 Å². The quantitative estimate of drug-likeness (QED) is 0.0102. The van der Waals surface area contributed by atoms with E-state index in [2.05, 4.69) is 61.5 Å². The van der Waals surface area contributed by atoms with Gasteiger partial charge in [0.25, 0.3) is 35.2 Å². The normalized spacial score (nSPS) is 16.9. The van der Waals surface area contributed by atoms with Gasteiger partial charge in [-0.3, -0.25) is 28.8 Å². The number of methoxy groups -OCH3 is 2. The molecule has 9 rings (SSSR count). The predicted octanol–water partition coefficient (Wildman–Crippen LogP) is 5.10. The lowest BCUT2D eigenvalue weighted by Gasteiger charge is -2.47. The van der Waals surface area contributed by atoms with Gasteiger partial charge in [0.05, 0.1) is 142 Å². The summed E-state index contributed by atoms with van der Waals surface area (Å²) in [5, 5.41) is 97.6. The Bertz CT molecular complexity index is 4720. The summed E-state index contributed by atoms with van der Waals surface area (Å²) in [6, 6.07) is 50.5. The highest BCUT2D eigenvalue weighted by Gasteiger charge is 2.56. The number of thioether (sulfide) groups is 2. The number of carbonyl (C=O) groups excluding carboxylic acids is 9. The van der Waals surface area contributed by atoms with E-state index in [-0.39, 0.29) is 114 Å². The van der Waals surface area contributed by atoms with Gasteiger partial charge in [-0.15, -0.1) is 0 Å². The van der Waals surface area contributed by atoms with Crippen LogP contribution in [0.2, 0.25) is 0 Å². The number of nitrogens with one attached hydrogen (secondary N) is 7. The Balaban J connectivity index is 0.690. The second-order valence-electron chi connectivity index (χ2n) is 30.9. The first kappa shape index (κ1) is 105. The first-order valence-electron chi connectivity index (χ1n) is 43.6. The number of fused-ring (bicyclic) bond motifs is 3. The Kier molecular flexibility index (Phi) is 44.5. The molecule has 0 aromatic heterocycles. The number of ether oxygens (including phenoxy) is 12. The maximum Gasteiger partial charge on any atom is 0.407 e. The number of amides is 7. The van der Waals surface area contributed by atoms with Gasteiger partial charge in [-0.1, -0.05) is 133 Å². The van der Waals surface area contributed by atoms with Gasteiger partial charge in [-0.25, -0.2) is 14.4 Å². The lowest BCUT2D eigenvalue weighted by molar-refractivity contribution is -0.311. The maximum absolute atomic E-state index is 13.9. The fourth-order valence-electron chi connectivity index (χ4n) is 14.5. The topological polar surface area (TPSA) is 490 Å². The van der Waals surface area contributed by atoms with E-state index < -0.39 is 152 Å². The van der Waals surface area contributed by atoms with Crippen LogP contribution in [0, 0.1) is 0 Å². The van der Waals surface area contributed by atoms with Crippen molar-refractivity contribution in [2.75, 3.05) is 162 Å². The molecule has 35 nitrogen and oxygen atoms in total. The van der Waals surface area contributed by atoms with Gasteiger partial charge in [-0.2, -0.15) is 23.5 Å². The number of aliphatic hydroxyl groups is 7. The van der Waals surface area contributed by atoms with Crippen LogP contribution < -0.4 is 42.0 Å². The highest BCUT2D eigenvalue weighted by atomic mass is 32.2. The molecule has 14 N–H and O–H groups in total. The first-order valence-corrected chi connectivity index (χ1v) is 45.9. The molecule has 0 radical (unpaired) electrons. The number of hydrogen-bond donors (Lipinski definition) is 14. The van der Waals surface area contributed by atoms with Crippen LogP contribution in [-0.2, 0) is 71.3 Å². The lowest BCUT2D eigenvalue weighted by atomic mass is 9.88. The SMILES string of the molecule is COC(=O)C(O)(CC(O)C(CC(O)C(O)CNC(=O)c1ccc(-c2ccccc2)cc1)NC(C)=O)OCCCSCCNC(=O)c1ccc(C(=O)NCCSCCCOC2(C(=O)OC)CC(O)C(NC(C)=O)C(C(O)C(O)CNC(=O)c3ccc(-c4ccccc4)cc3)O2)cc1OCCOCCOCCOCCOCCOCCNC(=O)OCC1c2ccccc2-c2ccccc21. The third-order valence-corrected chi connectivity index (χ3v) is 23.5. The van der Waals surface area contributed by atoms with E-state index in [0.717, 1.165) is 65.7 Å². The van der Waals surface area contributed by atoms with Crippen molar-refractivity contribution >= 4 is 77.0 Å². The second kappa shape index (κ2) is 55.8. The summed E-state index contributed by atoms with van der Waals surface area (Å²) in [4.78, 5) is 118. The molecule has 1 fully saturated rings. The molecule has 1 aliphatic heterocycles. The van der Waals surface area contributed by atoms with Gasteiger partial charge in [0.1, 0.15) is 31.2 Å². The van der Waals surface area contributed by atoms with Gasteiger partial charge < -0.3 is 130 Å². The van der Waals surface area contributed by atoms with Crippen molar-refractivity contribution in [3.8, 4) is 39.1 Å². The van der Waals surface area contributed by atoms with E-state index in [4.69, 9.17) is 56.8 Å². The van der Waals surface area contributed by atoms with Crippen LogP contribution in [0.3, 0.4) is 0 Å². The Morgan fingerprint density at radius 2 is 0.977 bits per heavy atom. The number of alkyl carbamates (subject to hydrolysis) is 1. The molecule has 132 heavy (non-hydrogen) atoms. The summed E-state index contributed by atoms with van der Waals surface area (Å²) >= 11 is 2.81. The molecule has 0 bridgehead atoms. The largest absolute Gasteiger partial charge is 0.490 e. The van der Waals surface area contributed by atoms with Crippen LogP contribution in [-0.4, -0.2) is 318 Å². The molecule has 7 aromatic rings. The van der Waals surface area contributed by atoms with E-state index in [9.17, 15) is 78.9 Å². The summed E-state index contributed by atoms with van der Waals surface area (Å²) in [5.74, 6) is -9.12. The Labute approximate surface area is 775 Å². The zero-order valence-corrected chi connectivity index (χ0v) is 76.0. The number of esters is 2. The minimum atomic E-state index is -2.73. The fraction of sp³-hybridized carbons (Fsp3) is 0.463. The minimum absolute atomic E-state index is 0.0373. The van der Waals surface area contributed by atoms with Crippen molar-refractivity contribution < 1.29 is 136 Å². The van der Waals surface area contributed by atoms with Crippen LogP contribution in [0.15, 0.2) is 176 Å². The van der Waals surface area contributed by atoms with E-state index in [1.54, 1.807) is 48.5 Å². The number of benzene rings is 7. The second-order valence-corrected chi connectivity index (χ2v) is 33.4. The first-order chi connectivity index (χ1) is 63.8. The van der Waals surface area contributed by atoms with Gasteiger partial charge in [0.15, 0.2) is 0 Å². The zero-order valence-electron chi connectivity index (χ0n) is 74.3. The van der Waals surface area contributed by atoms with Crippen molar-refractivity contribution in [3.63, 3.8) is 0 Å². The Morgan fingerprint density at radius 1 is 0.492 bits per heavy atom. The molecule has 1 aliphatic carbocycles. The molecule has 7 amide bonds.